The minimum atomic E-state index is -0.221. The Labute approximate surface area is 70.1 Å². The van der Waals surface area contributed by atoms with Crippen LogP contribution in [0, 0.1) is 4.58 Å². The maximum absolute atomic E-state index is 10.3. The highest BCUT2D eigenvalue weighted by molar-refractivity contribution is 8.20. The van der Waals surface area contributed by atoms with Crippen LogP contribution in [-0.2, 0) is 9.53 Å². The monoisotopic (exact) mass is 179 g/mol. The first kappa shape index (κ1) is 10.2. The molecule has 4 heteroatoms. The normalized spacial score (nSPS) is 10.0. The number of esters is 1. The van der Waals surface area contributed by atoms with E-state index in [0.29, 0.717) is 5.94 Å². The Kier molecular flexibility index (Phi) is 6.02. The fourth-order valence-electron chi connectivity index (χ4n) is 0.254. The molecule has 0 aliphatic heterocycles. The molecule has 0 aromatic rings. The maximum Gasteiger partial charge on any atom is 0.303 e. The fraction of sp³-hybridized carbons (Fsp3) is 0.667. The molecule has 0 bridgehead atoms. The summed E-state index contributed by atoms with van der Waals surface area (Å²) >= 11 is 3.21. The van der Waals surface area contributed by atoms with Gasteiger partial charge in [-0.1, -0.05) is 0 Å². The molecule has 0 spiro atoms. The van der Waals surface area contributed by atoms with Crippen molar-refractivity contribution in [2.24, 2.45) is 0 Å². The molecule has 1 radical (unpaired) electrons. The lowest BCUT2D eigenvalue weighted by molar-refractivity contribution is -0.138. The van der Waals surface area contributed by atoms with E-state index < -0.39 is 0 Å². The van der Waals surface area contributed by atoms with E-state index >= 15 is 0 Å². The van der Waals surface area contributed by atoms with Crippen molar-refractivity contribution in [3.05, 3.63) is 4.58 Å². The number of carbonyl (C=O) groups excluding carboxylic acids is 1. The molecule has 0 saturated heterocycles. The zero-order valence-electron chi connectivity index (χ0n) is 6.34. The van der Waals surface area contributed by atoms with Crippen molar-refractivity contribution in [2.45, 2.75) is 13.8 Å². The molecule has 0 N–H and O–H groups in total. The molecule has 0 aliphatic rings. The Morgan fingerprint density at radius 1 is 1.50 bits per heavy atom. The molecule has 10 heavy (non-hydrogen) atoms. The second-order valence-corrected chi connectivity index (χ2v) is 4.01. The number of carbonyl (C=O) groups is 1. The summed E-state index contributed by atoms with van der Waals surface area (Å²) in [5, 5.41) is 0. The van der Waals surface area contributed by atoms with Gasteiger partial charge < -0.3 is 4.74 Å². The molecular formula is C6H11O2S2. The van der Waals surface area contributed by atoms with Gasteiger partial charge in [0.2, 0.25) is 0 Å². The third-order valence-corrected chi connectivity index (χ3v) is 2.88. The molecule has 0 aliphatic carbocycles. The van der Waals surface area contributed by atoms with Crippen LogP contribution < -0.4 is 0 Å². The highest BCUT2D eigenvalue weighted by atomic mass is 32.2. The van der Waals surface area contributed by atoms with Gasteiger partial charge in [0.05, 0.1) is 4.58 Å². The lowest BCUT2D eigenvalue weighted by atomic mass is 10.8. The largest absolute Gasteiger partial charge is 0.455 e. The van der Waals surface area contributed by atoms with Crippen molar-refractivity contribution in [3.63, 3.8) is 0 Å². The average molecular weight is 179 g/mol. The second kappa shape index (κ2) is 5.92. The highest BCUT2D eigenvalue weighted by Gasteiger charge is 2.00. The molecule has 0 heterocycles. The summed E-state index contributed by atoms with van der Waals surface area (Å²) in [5.41, 5.74) is 0. The smallest absolute Gasteiger partial charge is 0.303 e. The zero-order valence-corrected chi connectivity index (χ0v) is 7.97. The number of hydrogen-bond donors (Lipinski definition) is 0. The van der Waals surface area contributed by atoms with Gasteiger partial charge in [0.15, 0.2) is 0 Å². The van der Waals surface area contributed by atoms with E-state index in [9.17, 15) is 4.79 Å². The molecule has 0 amide bonds. The summed E-state index contributed by atoms with van der Waals surface area (Å²) in [6.07, 6.45) is 2.00. The standard InChI is InChI=1S/C6H11O2S2/c1-5(7)8-4-10-6(2)9-3/h4H2,1-3H3. The van der Waals surface area contributed by atoms with Crippen LogP contribution in [-0.4, -0.2) is 18.2 Å². The first-order chi connectivity index (χ1) is 4.66. The summed E-state index contributed by atoms with van der Waals surface area (Å²) in [7, 11) is 0. The number of thioether (sulfide) groups is 2. The van der Waals surface area contributed by atoms with Crippen molar-refractivity contribution < 1.29 is 9.53 Å². The summed E-state index contributed by atoms with van der Waals surface area (Å²) in [6, 6.07) is 0. The third kappa shape index (κ3) is 6.29. The molecule has 0 atom stereocenters. The molecule has 0 aromatic carbocycles. The Bertz CT molecular complexity index is 106. The molecule has 0 fully saturated rings. The Balaban J connectivity index is 3.11. The number of hydrogen-bond acceptors (Lipinski definition) is 4. The van der Waals surface area contributed by atoms with Crippen molar-refractivity contribution in [1.82, 2.24) is 0 Å². The van der Waals surface area contributed by atoms with Gasteiger partial charge in [0.1, 0.15) is 5.94 Å². The predicted octanol–water partition coefficient (Wildman–Crippen LogP) is 2.11. The van der Waals surface area contributed by atoms with E-state index in [0.717, 1.165) is 0 Å². The van der Waals surface area contributed by atoms with Gasteiger partial charge in [-0.25, -0.2) is 0 Å². The summed E-state index contributed by atoms with van der Waals surface area (Å²) in [5.74, 6) is 0.212. The van der Waals surface area contributed by atoms with E-state index in [2.05, 4.69) is 0 Å². The Morgan fingerprint density at radius 3 is 2.50 bits per heavy atom. The zero-order chi connectivity index (χ0) is 7.98. The van der Waals surface area contributed by atoms with Crippen molar-refractivity contribution in [3.8, 4) is 0 Å². The van der Waals surface area contributed by atoms with Crippen molar-refractivity contribution >= 4 is 29.5 Å². The second-order valence-electron chi connectivity index (χ2n) is 1.59. The predicted molar refractivity (Wildman–Crippen MR) is 46.7 cm³/mol. The van der Waals surface area contributed by atoms with Gasteiger partial charge in [-0.05, 0) is 13.2 Å². The minimum absolute atomic E-state index is 0.221. The fourth-order valence-corrected chi connectivity index (χ4v) is 1.26. The molecule has 0 aromatic heterocycles. The first-order valence-corrected chi connectivity index (χ1v) is 5.01. The Morgan fingerprint density at radius 2 is 2.10 bits per heavy atom. The summed E-state index contributed by atoms with van der Waals surface area (Å²) in [6.45, 7) is 3.41. The van der Waals surface area contributed by atoms with Crippen LogP contribution in [0.1, 0.15) is 13.8 Å². The van der Waals surface area contributed by atoms with Crippen LogP contribution in [0.3, 0.4) is 0 Å². The molecule has 0 saturated carbocycles. The van der Waals surface area contributed by atoms with Gasteiger partial charge in [0.25, 0.3) is 0 Å². The van der Waals surface area contributed by atoms with E-state index in [1.54, 1.807) is 23.5 Å². The van der Waals surface area contributed by atoms with Crippen LogP contribution in [0.25, 0.3) is 0 Å². The molecule has 59 valence electrons. The van der Waals surface area contributed by atoms with Crippen LogP contribution >= 0.6 is 23.5 Å². The average Bonchev–Trinajstić information content (AvgIpc) is 1.87. The maximum atomic E-state index is 10.3. The SMILES string of the molecule is CS[C](C)SCOC(C)=O. The molecule has 2 nitrogen and oxygen atoms in total. The van der Waals surface area contributed by atoms with Crippen molar-refractivity contribution in [2.75, 3.05) is 12.2 Å². The van der Waals surface area contributed by atoms with Gasteiger partial charge >= 0.3 is 5.97 Å². The van der Waals surface area contributed by atoms with E-state index in [1.807, 2.05) is 13.2 Å². The lowest BCUT2D eigenvalue weighted by Crippen LogP contribution is -1.97. The number of ether oxygens (including phenoxy) is 1. The van der Waals surface area contributed by atoms with Gasteiger partial charge in [-0.15, -0.1) is 23.5 Å². The highest BCUT2D eigenvalue weighted by Crippen LogP contribution is 2.28. The van der Waals surface area contributed by atoms with Gasteiger partial charge in [0, 0.05) is 6.92 Å². The molecule has 0 rings (SSSR count). The Hall–Kier alpha value is 0.170. The van der Waals surface area contributed by atoms with E-state index in [4.69, 9.17) is 4.74 Å². The van der Waals surface area contributed by atoms with E-state index in [1.165, 1.54) is 11.5 Å². The summed E-state index contributed by atoms with van der Waals surface area (Å²) < 4.78 is 5.91. The quantitative estimate of drug-likeness (QED) is 0.488. The molecular weight excluding hydrogens is 168 g/mol. The first-order valence-electron chi connectivity index (χ1n) is 2.80. The van der Waals surface area contributed by atoms with Crippen LogP contribution in [0.2, 0.25) is 0 Å². The summed E-state index contributed by atoms with van der Waals surface area (Å²) in [4.78, 5) is 10.3. The lowest BCUT2D eigenvalue weighted by Gasteiger charge is -2.05. The minimum Gasteiger partial charge on any atom is -0.455 e. The van der Waals surface area contributed by atoms with Crippen LogP contribution in [0.15, 0.2) is 0 Å². The topological polar surface area (TPSA) is 26.3 Å². The van der Waals surface area contributed by atoms with Gasteiger partial charge in [-0.2, -0.15) is 0 Å². The van der Waals surface area contributed by atoms with Crippen molar-refractivity contribution in [1.29, 1.82) is 0 Å². The number of rotatable bonds is 4. The molecule has 0 unspecified atom stereocenters. The van der Waals surface area contributed by atoms with Gasteiger partial charge in [-0.3, -0.25) is 4.79 Å². The van der Waals surface area contributed by atoms with Crippen LogP contribution in [0.4, 0.5) is 0 Å². The van der Waals surface area contributed by atoms with E-state index in [-0.39, 0.29) is 5.97 Å². The third-order valence-electron chi connectivity index (χ3n) is 0.812. The van der Waals surface area contributed by atoms with Crippen LogP contribution in [0.5, 0.6) is 0 Å².